The number of aryl methyl sites for hydroxylation is 1. The van der Waals surface area contributed by atoms with Gasteiger partial charge in [0.15, 0.2) is 6.10 Å². The molecule has 5 unspecified atom stereocenters. The van der Waals surface area contributed by atoms with Crippen LogP contribution < -0.4 is 31.9 Å². The SMILES string of the molecule is COC(=O)C1OC1CNC(=O)CNC(=O)C(CO)NC(=O)C(CCc1ccc(O)cc1)NC(=O)CCCNc1cccc2c1C(=O)N(C1CCC(=O)NC1=O)C2=O. The Balaban J connectivity index is 1.13. The van der Waals surface area contributed by atoms with Crippen LogP contribution in [0.1, 0.15) is 58.4 Å². The molecule has 0 bridgehead atoms. The molecule has 3 heterocycles. The van der Waals surface area contributed by atoms with Gasteiger partial charge >= 0.3 is 5.97 Å². The molecule has 20 nitrogen and oxygen atoms in total. The quantitative estimate of drug-likeness (QED) is 0.0323. The van der Waals surface area contributed by atoms with Crippen molar-refractivity contribution in [2.45, 2.75) is 68.9 Å². The number of esters is 1. The molecular formula is C37H43N7O13. The van der Waals surface area contributed by atoms with Gasteiger partial charge in [-0.1, -0.05) is 18.2 Å². The number of epoxide rings is 1. The van der Waals surface area contributed by atoms with Crippen molar-refractivity contribution in [2.75, 3.05) is 38.7 Å². The number of nitrogens with zero attached hydrogens (tertiary/aromatic N) is 1. The topological polar surface area (TPSA) is 291 Å². The maximum atomic E-state index is 13.4. The Morgan fingerprint density at radius 1 is 0.947 bits per heavy atom. The van der Waals surface area contributed by atoms with E-state index in [2.05, 4.69) is 36.6 Å². The van der Waals surface area contributed by atoms with Crippen LogP contribution in [-0.2, 0) is 49.5 Å². The Morgan fingerprint density at radius 2 is 1.70 bits per heavy atom. The van der Waals surface area contributed by atoms with E-state index in [0.717, 1.165) is 10.5 Å². The largest absolute Gasteiger partial charge is 0.508 e. The summed E-state index contributed by atoms with van der Waals surface area (Å²) in [6.07, 6.45) is -0.898. The minimum absolute atomic E-state index is 0.00671. The molecule has 2 aromatic carbocycles. The Labute approximate surface area is 325 Å². The molecule has 0 saturated carbocycles. The fraction of sp³-hybridized carbons (Fsp3) is 0.432. The van der Waals surface area contributed by atoms with Crippen molar-refractivity contribution in [3.05, 3.63) is 59.2 Å². The van der Waals surface area contributed by atoms with Gasteiger partial charge in [0.2, 0.25) is 35.4 Å². The van der Waals surface area contributed by atoms with Crippen LogP contribution >= 0.6 is 0 Å². The number of benzene rings is 2. The highest BCUT2D eigenvalue weighted by Gasteiger charge is 2.47. The molecule has 3 aliphatic heterocycles. The van der Waals surface area contributed by atoms with Crippen LogP contribution in [0.3, 0.4) is 0 Å². The van der Waals surface area contributed by atoms with Crippen LogP contribution in [0.15, 0.2) is 42.5 Å². The first-order valence-corrected chi connectivity index (χ1v) is 18.2. The lowest BCUT2D eigenvalue weighted by molar-refractivity contribution is -0.142. The van der Waals surface area contributed by atoms with Gasteiger partial charge in [0.1, 0.15) is 30.0 Å². The molecule has 0 aliphatic carbocycles. The molecular weight excluding hydrogens is 750 g/mol. The van der Waals surface area contributed by atoms with Crippen molar-refractivity contribution < 1.29 is 62.8 Å². The zero-order chi connectivity index (χ0) is 41.2. The number of fused-ring (bicyclic) bond motifs is 1. The summed E-state index contributed by atoms with van der Waals surface area (Å²) >= 11 is 0. The van der Waals surface area contributed by atoms with E-state index in [1.807, 2.05) is 0 Å². The molecule has 57 heavy (non-hydrogen) atoms. The van der Waals surface area contributed by atoms with E-state index in [0.29, 0.717) is 5.69 Å². The molecule has 0 spiro atoms. The Kier molecular flexibility index (Phi) is 13.9. The summed E-state index contributed by atoms with van der Waals surface area (Å²) in [6.45, 7) is -1.19. The molecule has 0 radical (unpaired) electrons. The van der Waals surface area contributed by atoms with Crippen LogP contribution in [0.25, 0.3) is 0 Å². The molecule has 20 heteroatoms. The number of hydrogen-bond acceptors (Lipinski definition) is 14. The van der Waals surface area contributed by atoms with E-state index < -0.39 is 96.7 Å². The molecule has 2 aromatic rings. The first kappa shape index (κ1) is 41.7. The van der Waals surface area contributed by atoms with Crippen molar-refractivity contribution in [1.82, 2.24) is 31.5 Å². The average molecular weight is 794 g/mol. The van der Waals surface area contributed by atoms with E-state index in [4.69, 9.17) is 4.74 Å². The second-order valence-electron chi connectivity index (χ2n) is 13.4. The molecule has 5 rings (SSSR count). The number of phenols is 1. The third kappa shape index (κ3) is 10.7. The smallest absolute Gasteiger partial charge is 0.337 e. The lowest BCUT2D eigenvalue weighted by Crippen LogP contribution is -2.55. The number of hydrogen-bond donors (Lipinski definition) is 8. The normalized spacial score (nSPS) is 19.4. The fourth-order valence-corrected chi connectivity index (χ4v) is 6.30. The lowest BCUT2D eigenvalue weighted by atomic mass is 10.0. The molecule has 2 saturated heterocycles. The van der Waals surface area contributed by atoms with Crippen molar-refractivity contribution in [2.24, 2.45) is 0 Å². The summed E-state index contributed by atoms with van der Waals surface area (Å²) in [5.74, 6) is -5.93. The van der Waals surface area contributed by atoms with Gasteiger partial charge in [0.25, 0.3) is 11.8 Å². The van der Waals surface area contributed by atoms with Gasteiger partial charge in [-0.2, -0.15) is 0 Å². The van der Waals surface area contributed by atoms with Crippen molar-refractivity contribution >= 4 is 58.9 Å². The first-order valence-electron chi connectivity index (χ1n) is 18.2. The second-order valence-corrected chi connectivity index (χ2v) is 13.4. The van der Waals surface area contributed by atoms with Crippen molar-refractivity contribution in [3.8, 4) is 5.75 Å². The Hall–Kier alpha value is -6.41. The van der Waals surface area contributed by atoms with Crippen molar-refractivity contribution in [1.29, 1.82) is 0 Å². The number of methoxy groups -OCH3 is 1. The van der Waals surface area contributed by atoms with E-state index >= 15 is 0 Å². The number of rotatable bonds is 19. The van der Waals surface area contributed by atoms with Gasteiger partial charge in [-0.3, -0.25) is 48.6 Å². The predicted molar refractivity (Wildman–Crippen MR) is 195 cm³/mol. The van der Waals surface area contributed by atoms with Crippen LogP contribution in [-0.4, -0.2) is 132 Å². The van der Waals surface area contributed by atoms with Crippen LogP contribution in [0.2, 0.25) is 0 Å². The average Bonchev–Trinajstić information content (AvgIpc) is 3.94. The third-order valence-corrected chi connectivity index (χ3v) is 9.43. The van der Waals surface area contributed by atoms with Gasteiger partial charge in [-0.25, -0.2) is 4.79 Å². The molecule has 8 amide bonds. The van der Waals surface area contributed by atoms with E-state index in [1.54, 1.807) is 24.3 Å². The monoisotopic (exact) mass is 793 g/mol. The maximum Gasteiger partial charge on any atom is 0.337 e. The molecule has 5 atom stereocenters. The second kappa shape index (κ2) is 19.0. The Bertz CT molecular complexity index is 1920. The number of aliphatic hydroxyl groups is 1. The molecule has 304 valence electrons. The number of ether oxygens (including phenoxy) is 2. The summed E-state index contributed by atoms with van der Waals surface area (Å²) in [7, 11) is 1.20. The van der Waals surface area contributed by atoms with Crippen LogP contribution in [0, 0.1) is 0 Å². The highest BCUT2D eigenvalue weighted by Crippen LogP contribution is 2.32. The number of carbonyl (C=O) groups is 9. The zero-order valence-corrected chi connectivity index (χ0v) is 30.8. The fourth-order valence-electron chi connectivity index (χ4n) is 6.30. The van der Waals surface area contributed by atoms with Gasteiger partial charge in [-0.05, 0) is 55.5 Å². The summed E-state index contributed by atoms with van der Waals surface area (Å²) in [5.41, 5.74) is 1.20. The first-order chi connectivity index (χ1) is 27.3. The number of phenolic OH excluding ortho intramolecular Hbond substituents is 1. The van der Waals surface area contributed by atoms with E-state index in [-0.39, 0.29) is 68.5 Å². The maximum absolute atomic E-state index is 13.4. The molecule has 0 aromatic heterocycles. The molecule has 2 fully saturated rings. The van der Waals surface area contributed by atoms with E-state index in [1.165, 1.54) is 25.3 Å². The number of aromatic hydroxyl groups is 1. The van der Waals surface area contributed by atoms with Crippen molar-refractivity contribution in [3.63, 3.8) is 0 Å². The number of anilines is 1. The van der Waals surface area contributed by atoms with Gasteiger partial charge in [0, 0.05) is 31.6 Å². The van der Waals surface area contributed by atoms with Gasteiger partial charge < -0.3 is 46.3 Å². The summed E-state index contributed by atoms with van der Waals surface area (Å²) in [6, 6.07) is 7.02. The molecule has 3 aliphatic rings. The third-order valence-electron chi connectivity index (χ3n) is 9.43. The zero-order valence-electron chi connectivity index (χ0n) is 30.8. The van der Waals surface area contributed by atoms with E-state index in [9.17, 15) is 53.4 Å². The Morgan fingerprint density at radius 3 is 2.40 bits per heavy atom. The minimum atomic E-state index is -1.48. The number of amides is 8. The summed E-state index contributed by atoms with van der Waals surface area (Å²) in [4.78, 5) is 114. The standard InChI is InChI=1S/C37H43N7O13/c1-56-37(55)31-26(57-31)16-39-29(49)17-40-32(50)24(18-45)42-33(51)23(12-9-19-7-10-20(46)11-8-19)41-27(47)6-3-15-38-22-5-2-4-21-30(22)36(54)44(35(21)53)25-13-14-28(48)43-34(25)52/h2,4-5,7-8,10-11,23-26,31,38,45-46H,3,6,9,12-18H2,1H3,(H,39,49)(H,40,50)(H,41,47)(H,42,51)(H,43,48,52). The lowest BCUT2D eigenvalue weighted by Gasteiger charge is -2.27. The number of piperidine rings is 1. The minimum Gasteiger partial charge on any atom is -0.508 e. The highest BCUT2D eigenvalue weighted by molar-refractivity contribution is 6.25. The predicted octanol–water partition coefficient (Wildman–Crippen LogP) is -2.25. The number of carbonyl (C=O) groups excluding carboxylic acids is 9. The number of aliphatic hydroxyl groups excluding tert-OH is 1. The van der Waals surface area contributed by atoms with Gasteiger partial charge in [-0.15, -0.1) is 0 Å². The summed E-state index contributed by atoms with van der Waals surface area (Å²) in [5, 5.41) is 34.6. The number of imide groups is 2. The van der Waals surface area contributed by atoms with Crippen LogP contribution in [0.4, 0.5) is 5.69 Å². The van der Waals surface area contributed by atoms with Crippen LogP contribution in [0.5, 0.6) is 5.75 Å². The number of nitrogens with one attached hydrogen (secondary N) is 6. The highest BCUT2D eigenvalue weighted by atomic mass is 16.6. The summed E-state index contributed by atoms with van der Waals surface area (Å²) < 4.78 is 9.66. The molecule has 8 N–H and O–H groups in total. The van der Waals surface area contributed by atoms with Gasteiger partial charge in [0.05, 0.1) is 31.4 Å².